The summed E-state index contributed by atoms with van der Waals surface area (Å²) in [5.41, 5.74) is 1.80. The standard InChI is InChI=1S/C30H33F2N2O7P/c1-4-40-42(38,33-19(2)30(37)39-3)41-25-15-7-21(8-16-25)28-26(17-18-27(35)20-5-9-22(31)10-6-20)29(36)34(28)24-13-11-23(32)12-14-24/h5-16,19,26-28,35H,4,17-18H2,1-3H3,(H,33,38)/t19-,26-,27+,28-,42?/m0/s1. The maximum absolute atomic E-state index is 13.6. The summed E-state index contributed by atoms with van der Waals surface area (Å²) in [4.78, 5) is 26.7. The van der Waals surface area contributed by atoms with E-state index in [1.807, 2.05) is 0 Å². The van der Waals surface area contributed by atoms with Gasteiger partial charge in [0, 0.05) is 5.69 Å². The van der Waals surface area contributed by atoms with E-state index in [0.717, 1.165) is 5.56 Å². The highest BCUT2D eigenvalue weighted by Crippen LogP contribution is 2.48. The molecule has 0 spiro atoms. The first-order valence-corrected chi connectivity index (χ1v) is 15.0. The van der Waals surface area contributed by atoms with Gasteiger partial charge in [-0.3, -0.25) is 14.1 Å². The lowest BCUT2D eigenvalue weighted by atomic mass is 9.78. The van der Waals surface area contributed by atoms with Crippen molar-refractivity contribution < 1.29 is 41.8 Å². The Hall–Kier alpha value is -3.63. The Bertz CT molecular complexity index is 1420. The molecule has 1 heterocycles. The summed E-state index contributed by atoms with van der Waals surface area (Å²) >= 11 is 0. The molecule has 0 saturated carbocycles. The molecule has 1 amide bonds. The fourth-order valence-electron chi connectivity index (χ4n) is 4.88. The van der Waals surface area contributed by atoms with Gasteiger partial charge in [-0.2, -0.15) is 5.09 Å². The predicted octanol–water partition coefficient (Wildman–Crippen LogP) is 5.86. The van der Waals surface area contributed by atoms with Gasteiger partial charge in [-0.05, 0) is 86.3 Å². The molecular formula is C30H33F2N2O7P. The number of carbonyl (C=O) groups excluding carboxylic acids is 2. The number of methoxy groups -OCH3 is 1. The van der Waals surface area contributed by atoms with Gasteiger partial charge >= 0.3 is 13.7 Å². The number of esters is 1. The van der Waals surface area contributed by atoms with Gasteiger partial charge in [-0.1, -0.05) is 24.3 Å². The third kappa shape index (κ3) is 7.22. The number of anilines is 1. The first kappa shape index (κ1) is 31.3. The SMILES string of the molecule is CCOP(=O)(N[C@@H](C)C(=O)OC)Oc1ccc([C@H]2[C@H](CC[C@@H](O)c3ccc(F)cc3)C(=O)N2c2ccc(F)cc2)cc1. The fourth-order valence-corrected chi connectivity index (χ4v) is 6.38. The molecule has 9 nitrogen and oxygen atoms in total. The summed E-state index contributed by atoms with van der Waals surface area (Å²) in [5, 5.41) is 13.2. The summed E-state index contributed by atoms with van der Waals surface area (Å²) in [7, 11) is -2.73. The molecule has 0 aromatic heterocycles. The van der Waals surface area contributed by atoms with E-state index in [1.54, 1.807) is 36.1 Å². The van der Waals surface area contributed by atoms with Crippen molar-refractivity contribution in [2.75, 3.05) is 18.6 Å². The van der Waals surface area contributed by atoms with Crippen LogP contribution in [0.3, 0.4) is 0 Å². The van der Waals surface area contributed by atoms with Crippen molar-refractivity contribution in [1.29, 1.82) is 0 Å². The Balaban J connectivity index is 1.54. The smallest absolute Gasteiger partial charge is 0.459 e. The number of ether oxygens (including phenoxy) is 1. The van der Waals surface area contributed by atoms with Crippen LogP contribution in [0.25, 0.3) is 0 Å². The van der Waals surface area contributed by atoms with E-state index < -0.39 is 49.5 Å². The molecule has 3 aromatic carbocycles. The van der Waals surface area contributed by atoms with Crippen molar-refractivity contribution in [2.45, 2.75) is 44.9 Å². The van der Waals surface area contributed by atoms with Crippen molar-refractivity contribution in [1.82, 2.24) is 5.09 Å². The zero-order valence-electron chi connectivity index (χ0n) is 23.4. The van der Waals surface area contributed by atoms with Crippen LogP contribution in [-0.4, -0.2) is 36.7 Å². The number of rotatable bonds is 13. The largest absolute Gasteiger partial charge is 0.468 e. The van der Waals surface area contributed by atoms with Crippen molar-refractivity contribution >= 4 is 25.3 Å². The highest BCUT2D eigenvalue weighted by Gasteiger charge is 2.48. The molecule has 12 heteroatoms. The number of benzene rings is 3. The number of aliphatic hydroxyl groups excluding tert-OH is 1. The summed E-state index contributed by atoms with van der Waals surface area (Å²) < 4.78 is 55.8. The molecule has 1 aliphatic heterocycles. The maximum atomic E-state index is 13.6. The van der Waals surface area contributed by atoms with Crippen LogP contribution in [0.15, 0.2) is 72.8 Å². The Morgan fingerprint density at radius 1 is 1.02 bits per heavy atom. The molecule has 0 bridgehead atoms. The second-order valence-corrected chi connectivity index (χ2v) is 11.5. The summed E-state index contributed by atoms with van der Waals surface area (Å²) in [6, 6.07) is 16.3. The van der Waals surface area contributed by atoms with E-state index in [-0.39, 0.29) is 24.7 Å². The van der Waals surface area contributed by atoms with Crippen LogP contribution < -0.4 is 14.5 Å². The zero-order valence-corrected chi connectivity index (χ0v) is 24.3. The molecule has 1 fully saturated rings. The number of hydrogen-bond donors (Lipinski definition) is 2. The topological polar surface area (TPSA) is 114 Å². The van der Waals surface area contributed by atoms with Crippen LogP contribution in [-0.2, 0) is 23.4 Å². The Labute approximate surface area is 243 Å². The number of hydrogen-bond acceptors (Lipinski definition) is 7. The first-order chi connectivity index (χ1) is 20.0. The lowest BCUT2D eigenvalue weighted by molar-refractivity contribution is -0.142. The van der Waals surface area contributed by atoms with Crippen molar-refractivity contribution in [3.63, 3.8) is 0 Å². The van der Waals surface area contributed by atoms with E-state index in [0.29, 0.717) is 17.7 Å². The van der Waals surface area contributed by atoms with Gasteiger partial charge < -0.3 is 19.3 Å². The van der Waals surface area contributed by atoms with Gasteiger partial charge in [0.15, 0.2) is 0 Å². The van der Waals surface area contributed by atoms with Gasteiger partial charge in [-0.15, -0.1) is 0 Å². The fraction of sp³-hybridized carbons (Fsp3) is 0.333. The summed E-state index contributed by atoms with van der Waals surface area (Å²) in [6.07, 6.45) is -0.284. The number of halogens is 2. The number of nitrogens with one attached hydrogen (secondary N) is 1. The molecule has 1 aliphatic rings. The highest BCUT2D eigenvalue weighted by atomic mass is 31.2. The zero-order chi connectivity index (χ0) is 30.4. The summed E-state index contributed by atoms with van der Waals surface area (Å²) in [6.45, 7) is 3.15. The third-order valence-electron chi connectivity index (χ3n) is 6.98. The minimum Gasteiger partial charge on any atom is -0.468 e. The number of nitrogens with zero attached hydrogens (tertiary/aromatic N) is 1. The number of amides is 1. The van der Waals surface area contributed by atoms with Gasteiger partial charge in [-0.25, -0.2) is 13.3 Å². The molecule has 5 atom stereocenters. The van der Waals surface area contributed by atoms with Gasteiger partial charge in [0.2, 0.25) is 5.91 Å². The van der Waals surface area contributed by atoms with Crippen LogP contribution >= 0.6 is 7.75 Å². The average molecular weight is 603 g/mol. The van der Waals surface area contributed by atoms with E-state index >= 15 is 0 Å². The van der Waals surface area contributed by atoms with Crippen molar-refractivity contribution in [2.24, 2.45) is 5.92 Å². The van der Waals surface area contributed by atoms with Gasteiger partial charge in [0.05, 0.1) is 31.8 Å². The second-order valence-electron chi connectivity index (χ2n) is 9.83. The summed E-state index contributed by atoms with van der Waals surface area (Å²) in [5.74, 6) is -1.96. The maximum Gasteiger partial charge on any atom is 0.459 e. The van der Waals surface area contributed by atoms with E-state index in [2.05, 4.69) is 9.82 Å². The van der Waals surface area contributed by atoms with E-state index in [9.17, 15) is 28.0 Å². The van der Waals surface area contributed by atoms with E-state index in [4.69, 9.17) is 9.05 Å². The van der Waals surface area contributed by atoms with Crippen molar-refractivity contribution in [3.8, 4) is 5.75 Å². The van der Waals surface area contributed by atoms with Crippen molar-refractivity contribution in [3.05, 3.63) is 95.6 Å². The second kappa shape index (κ2) is 13.6. The molecule has 42 heavy (non-hydrogen) atoms. The average Bonchev–Trinajstić information content (AvgIpc) is 2.97. The minimum atomic E-state index is -3.94. The van der Waals surface area contributed by atoms with Crippen LogP contribution in [0, 0.1) is 17.6 Å². The molecule has 2 N–H and O–H groups in total. The monoisotopic (exact) mass is 602 g/mol. The third-order valence-corrected chi connectivity index (χ3v) is 8.73. The number of aliphatic hydroxyl groups is 1. The molecule has 1 saturated heterocycles. The lowest BCUT2D eigenvalue weighted by Gasteiger charge is -2.48. The Morgan fingerprint density at radius 2 is 1.62 bits per heavy atom. The number of β-lactam (4-membered cyclic amide) rings is 1. The Kier molecular flexibility index (Phi) is 10.1. The molecule has 0 aliphatic carbocycles. The molecule has 3 aromatic rings. The van der Waals surface area contributed by atoms with Gasteiger partial charge in [0.1, 0.15) is 23.4 Å². The lowest BCUT2D eigenvalue weighted by Crippen LogP contribution is -2.55. The van der Waals surface area contributed by atoms with E-state index in [1.165, 1.54) is 62.6 Å². The van der Waals surface area contributed by atoms with Crippen LogP contribution in [0.4, 0.5) is 14.5 Å². The minimum absolute atomic E-state index is 0.0541. The normalized spacial score (nSPS) is 19.4. The predicted molar refractivity (Wildman–Crippen MR) is 152 cm³/mol. The number of carbonyl (C=O) groups is 2. The quantitative estimate of drug-likeness (QED) is 0.142. The Morgan fingerprint density at radius 3 is 2.19 bits per heavy atom. The van der Waals surface area contributed by atoms with Crippen LogP contribution in [0.2, 0.25) is 0 Å². The molecule has 224 valence electrons. The van der Waals surface area contributed by atoms with Crippen LogP contribution in [0.1, 0.15) is 50.0 Å². The van der Waals surface area contributed by atoms with Crippen LogP contribution in [0.5, 0.6) is 5.75 Å². The molecular weight excluding hydrogens is 569 g/mol. The molecule has 4 rings (SSSR count). The first-order valence-electron chi connectivity index (χ1n) is 13.5. The molecule has 1 unspecified atom stereocenters. The highest BCUT2D eigenvalue weighted by molar-refractivity contribution is 7.52. The molecule has 0 radical (unpaired) electrons. The van der Waals surface area contributed by atoms with Gasteiger partial charge in [0.25, 0.3) is 0 Å².